The first-order valence-corrected chi connectivity index (χ1v) is 4.17. The van der Waals surface area contributed by atoms with E-state index in [1.807, 2.05) is 0 Å². The average Bonchev–Trinajstić information content (AvgIpc) is 2.04. The predicted molar refractivity (Wildman–Crippen MR) is 46.3 cm³/mol. The fourth-order valence-electron chi connectivity index (χ4n) is 2.08. The number of Topliss-reactive ketones (excluding diaryl/α,β-unsaturated/α-hetero) is 1. The van der Waals surface area contributed by atoms with E-state index in [0.29, 0.717) is 5.92 Å². The highest BCUT2D eigenvalue weighted by Crippen LogP contribution is 2.41. The van der Waals surface area contributed by atoms with E-state index in [0.717, 1.165) is 12.0 Å². The summed E-state index contributed by atoms with van der Waals surface area (Å²) in [6, 6.07) is 0. The number of allylic oxidation sites excluding steroid dienone is 2. The lowest BCUT2D eigenvalue weighted by molar-refractivity contribution is -0.114. The third kappa shape index (κ3) is 1.52. The predicted octanol–water partition coefficient (Wildman–Crippen LogP) is 2.57. The molecule has 0 aliphatic heterocycles. The van der Waals surface area contributed by atoms with Crippen molar-refractivity contribution in [1.29, 1.82) is 0 Å². The van der Waals surface area contributed by atoms with Gasteiger partial charge in [0.15, 0.2) is 5.78 Å². The highest BCUT2D eigenvalue weighted by atomic mass is 16.1. The molecule has 0 amide bonds. The number of carbonyl (C=O) groups is 1. The quantitative estimate of drug-likeness (QED) is 0.564. The third-order valence-electron chi connectivity index (χ3n) is 2.39. The minimum atomic E-state index is 0.116. The lowest BCUT2D eigenvalue weighted by Crippen LogP contribution is -2.15. The molecule has 1 atom stereocenters. The van der Waals surface area contributed by atoms with Crippen LogP contribution in [0.2, 0.25) is 0 Å². The minimum Gasteiger partial charge on any atom is -0.295 e. The number of carbonyl (C=O) groups excluding carboxylic acids is 1. The molecule has 0 aromatic rings. The number of ketones is 1. The molecule has 1 heteroatoms. The second-order valence-electron chi connectivity index (χ2n) is 4.20. The van der Waals surface area contributed by atoms with Gasteiger partial charge < -0.3 is 0 Å². The molecule has 0 heterocycles. The fourth-order valence-corrected chi connectivity index (χ4v) is 2.08. The van der Waals surface area contributed by atoms with Crippen molar-refractivity contribution in [1.82, 2.24) is 0 Å². The summed E-state index contributed by atoms with van der Waals surface area (Å²) in [4.78, 5) is 11.1. The lowest BCUT2D eigenvalue weighted by atomic mass is 9.83. The Morgan fingerprint density at radius 1 is 1.64 bits per heavy atom. The minimum absolute atomic E-state index is 0.116. The standard InChI is InChI=1S/C10H16O/c1-7-5-9(8(2)11)10(3,4)6-7/h5,7H,6H2,1-4H3. The zero-order chi connectivity index (χ0) is 8.65. The highest BCUT2D eigenvalue weighted by Gasteiger charge is 2.33. The van der Waals surface area contributed by atoms with Crippen molar-refractivity contribution in [3.05, 3.63) is 11.6 Å². The molecule has 0 radical (unpaired) electrons. The van der Waals surface area contributed by atoms with Gasteiger partial charge in [0.25, 0.3) is 0 Å². The summed E-state index contributed by atoms with van der Waals surface area (Å²) in [6.45, 7) is 8.11. The van der Waals surface area contributed by atoms with Crippen LogP contribution in [0.5, 0.6) is 0 Å². The Balaban J connectivity index is 2.92. The first kappa shape index (κ1) is 8.51. The van der Waals surface area contributed by atoms with Crippen LogP contribution in [0.1, 0.15) is 34.1 Å². The normalized spacial score (nSPS) is 28.4. The Morgan fingerprint density at radius 2 is 2.18 bits per heavy atom. The van der Waals surface area contributed by atoms with E-state index in [9.17, 15) is 4.79 Å². The zero-order valence-electron chi connectivity index (χ0n) is 7.77. The van der Waals surface area contributed by atoms with Gasteiger partial charge in [-0.05, 0) is 30.3 Å². The molecule has 1 unspecified atom stereocenters. The van der Waals surface area contributed by atoms with Crippen LogP contribution in [0.15, 0.2) is 11.6 Å². The summed E-state index contributed by atoms with van der Waals surface area (Å²) >= 11 is 0. The second-order valence-corrected chi connectivity index (χ2v) is 4.20. The van der Waals surface area contributed by atoms with Crippen LogP contribution < -0.4 is 0 Å². The van der Waals surface area contributed by atoms with E-state index in [1.165, 1.54) is 0 Å². The molecule has 62 valence electrons. The summed E-state index contributed by atoms with van der Waals surface area (Å²) in [7, 11) is 0. The molecular formula is C10H16O. The molecule has 0 spiro atoms. The topological polar surface area (TPSA) is 17.1 Å². The third-order valence-corrected chi connectivity index (χ3v) is 2.39. The van der Waals surface area contributed by atoms with Crippen molar-refractivity contribution >= 4 is 5.78 Å². The average molecular weight is 152 g/mol. The molecule has 0 fully saturated rings. The monoisotopic (exact) mass is 152 g/mol. The summed E-state index contributed by atoms with van der Waals surface area (Å²) in [5.41, 5.74) is 1.13. The van der Waals surface area contributed by atoms with Crippen molar-refractivity contribution < 1.29 is 4.79 Å². The molecule has 1 nitrogen and oxygen atoms in total. The molecule has 0 aromatic heterocycles. The Hall–Kier alpha value is -0.590. The summed E-state index contributed by atoms with van der Waals surface area (Å²) in [5.74, 6) is 0.809. The van der Waals surface area contributed by atoms with Crippen molar-refractivity contribution in [3.63, 3.8) is 0 Å². The molecule has 0 bridgehead atoms. The van der Waals surface area contributed by atoms with E-state index in [2.05, 4.69) is 26.8 Å². The van der Waals surface area contributed by atoms with Crippen LogP contribution in [-0.4, -0.2) is 5.78 Å². The Labute approximate surface area is 68.5 Å². The largest absolute Gasteiger partial charge is 0.295 e. The molecule has 1 aliphatic carbocycles. The van der Waals surface area contributed by atoms with Crippen LogP contribution in [0.3, 0.4) is 0 Å². The molecule has 1 rings (SSSR count). The van der Waals surface area contributed by atoms with Gasteiger partial charge in [0.2, 0.25) is 0 Å². The van der Waals surface area contributed by atoms with Gasteiger partial charge in [0, 0.05) is 0 Å². The lowest BCUT2D eigenvalue weighted by Gasteiger charge is -2.20. The van der Waals surface area contributed by atoms with Crippen molar-refractivity contribution in [2.45, 2.75) is 34.1 Å². The van der Waals surface area contributed by atoms with Crippen LogP contribution in [-0.2, 0) is 4.79 Å². The Bertz CT molecular complexity index is 211. The molecule has 0 saturated heterocycles. The van der Waals surface area contributed by atoms with E-state index < -0.39 is 0 Å². The number of rotatable bonds is 1. The molecule has 0 N–H and O–H groups in total. The first-order chi connectivity index (χ1) is 4.93. The number of hydrogen-bond acceptors (Lipinski definition) is 1. The van der Waals surface area contributed by atoms with Gasteiger partial charge in [-0.15, -0.1) is 0 Å². The van der Waals surface area contributed by atoms with Gasteiger partial charge in [-0.25, -0.2) is 0 Å². The van der Waals surface area contributed by atoms with Crippen molar-refractivity contribution in [2.24, 2.45) is 11.3 Å². The van der Waals surface area contributed by atoms with E-state index in [-0.39, 0.29) is 11.2 Å². The SMILES string of the molecule is CC(=O)C1=CC(C)CC1(C)C. The van der Waals surface area contributed by atoms with Gasteiger partial charge in [-0.3, -0.25) is 4.79 Å². The molecule has 0 aromatic carbocycles. The van der Waals surface area contributed by atoms with Gasteiger partial charge in [0.05, 0.1) is 0 Å². The summed E-state index contributed by atoms with van der Waals surface area (Å²) in [6.07, 6.45) is 3.23. The highest BCUT2D eigenvalue weighted by molar-refractivity contribution is 5.95. The fraction of sp³-hybridized carbons (Fsp3) is 0.700. The van der Waals surface area contributed by atoms with Crippen molar-refractivity contribution in [2.75, 3.05) is 0 Å². The van der Waals surface area contributed by atoms with E-state index >= 15 is 0 Å². The van der Waals surface area contributed by atoms with Crippen LogP contribution in [0.25, 0.3) is 0 Å². The summed E-state index contributed by atoms with van der Waals surface area (Å²) in [5, 5.41) is 0. The molecule has 11 heavy (non-hydrogen) atoms. The number of hydrogen-bond donors (Lipinski definition) is 0. The van der Waals surface area contributed by atoms with Crippen LogP contribution in [0.4, 0.5) is 0 Å². The maximum absolute atomic E-state index is 11.1. The zero-order valence-corrected chi connectivity index (χ0v) is 7.77. The summed E-state index contributed by atoms with van der Waals surface area (Å²) < 4.78 is 0. The second kappa shape index (κ2) is 2.47. The van der Waals surface area contributed by atoms with E-state index in [1.54, 1.807) is 6.92 Å². The Morgan fingerprint density at radius 3 is 2.36 bits per heavy atom. The maximum atomic E-state index is 11.1. The molecule has 0 saturated carbocycles. The van der Waals surface area contributed by atoms with E-state index in [4.69, 9.17) is 0 Å². The molecule has 1 aliphatic rings. The first-order valence-electron chi connectivity index (χ1n) is 4.17. The van der Waals surface area contributed by atoms with Gasteiger partial charge in [0.1, 0.15) is 0 Å². The van der Waals surface area contributed by atoms with Gasteiger partial charge >= 0.3 is 0 Å². The van der Waals surface area contributed by atoms with Crippen molar-refractivity contribution in [3.8, 4) is 0 Å². The van der Waals surface area contributed by atoms with Crippen LogP contribution in [0, 0.1) is 11.3 Å². The molecular weight excluding hydrogens is 136 g/mol. The van der Waals surface area contributed by atoms with Gasteiger partial charge in [-0.1, -0.05) is 26.8 Å². The maximum Gasteiger partial charge on any atom is 0.156 e. The van der Waals surface area contributed by atoms with Gasteiger partial charge in [-0.2, -0.15) is 0 Å². The Kier molecular flexibility index (Phi) is 1.91. The van der Waals surface area contributed by atoms with Crippen LogP contribution >= 0.6 is 0 Å². The smallest absolute Gasteiger partial charge is 0.156 e.